The first-order chi connectivity index (χ1) is 5.74. The Hall–Kier alpha value is -0.150. The minimum Gasteiger partial charge on any atom is -0.144 e. The monoisotopic (exact) mass is 204 g/mol. The van der Waals surface area contributed by atoms with Gasteiger partial charge < -0.3 is 0 Å². The zero-order valence-electron chi connectivity index (χ0n) is 7.38. The van der Waals surface area contributed by atoms with Crippen LogP contribution in [-0.2, 0) is 6.42 Å². The van der Waals surface area contributed by atoms with E-state index in [1.165, 1.54) is 12.8 Å². The molecule has 1 rings (SSSR count). The zero-order chi connectivity index (χ0) is 8.97. The van der Waals surface area contributed by atoms with E-state index in [4.69, 9.17) is 11.6 Å². The van der Waals surface area contributed by atoms with Gasteiger partial charge >= 0.3 is 0 Å². The van der Waals surface area contributed by atoms with Gasteiger partial charge in [0.15, 0.2) is 0 Å². The van der Waals surface area contributed by atoms with Crippen LogP contribution in [0, 0.1) is 0 Å². The molecule has 0 aliphatic heterocycles. The van der Waals surface area contributed by atoms with Gasteiger partial charge in [-0.3, -0.25) is 0 Å². The first-order valence-electron chi connectivity index (χ1n) is 4.20. The van der Waals surface area contributed by atoms with Gasteiger partial charge in [0.25, 0.3) is 0 Å². The SMILES string of the molecule is CCCCc1nnc(C(C)Cl)s1. The molecule has 0 radical (unpaired) electrons. The standard InChI is InChI=1S/C8H13ClN2S/c1-3-4-5-7-10-11-8(12-7)6(2)9/h6H,3-5H2,1-2H3. The molecule has 0 aromatic carbocycles. The molecule has 0 aliphatic rings. The molecular formula is C8H13ClN2S. The van der Waals surface area contributed by atoms with Crippen molar-refractivity contribution in [1.29, 1.82) is 0 Å². The normalized spacial score (nSPS) is 13.2. The lowest BCUT2D eigenvalue weighted by Gasteiger charge is -1.91. The first kappa shape index (κ1) is 9.93. The minimum atomic E-state index is -0.00197. The number of hydrogen-bond acceptors (Lipinski definition) is 3. The van der Waals surface area contributed by atoms with Crippen molar-refractivity contribution in [2.24, 2.45) is 0 Å². The molecule has 2 nitrogen and oxygen atoms in total. The van der Waals surface area contributed by atoms with Gasteiger partial charge in [-0.1, -0.05) is 24.7 Å². The topological polar surface area (TPSA) is 25.8 Å². The van der Waals surface area contributed by atoms with E-state index < -0.39 is 0 Å². The molecule has 0 N–H and O–H groups in total. The van der Waals surface area contributed by atoms with E-state index in [0.29, 0.717) is 0 Å². The van der Waals surface area contributed by atoms with Crippen LogP contribution in [0.15, 0.2) is 0 Å². The predicted molar refractivity (Wildman–Crippen MR) is 52.8 cm³/mol. The summed E-state index contributed by atoms with van der Waals surface area (Å²) in [5.74, 6) is 0. The number of rotatable bonds is 4. The Kier molecular flexibility index (Phi) is 3.95. The maximum atomic E-state index is 5.86. The lowest BCUT2D eigenvalue weighted by Crippen LogP contribution is -1.82. The van der Waals surface area contributed by atoms with Crippen molar-refractivity contribution < 1.29 is 0 Å². The summed E-state index contributed by atoms with van der Waals surface area (Å²) < 4.78 is 0. The molecule has 68 valence electrons. The molecule has 1 heterocycles. The summed E-state index contributed by atoms with van der Waals surface area (Å²) in [5, 5.41) is 10.1. The molecule has 12 heavy (non-hydrogen) atoms. The van der Waals surface area contributed by atoms with Crippen molar-refractivity contribution in [3.05, 3.63) is 10.0 Å². The van der Waals surface area contributed by atoms with E-state index in [-0.39, 0.29) is 5.38 Å². The van der Waals surface area contributed by atoms with Crippen LogP contribution in [0.25, 0.3) is 0 Å². The lowest BCUT2D eigenvalue weighted by atomic mass is 10.3. The van der Waals surface area contributed by atoms with Crippen molar-refractivity contribution in [2.75, 3.05) is 0 Å². The smallest absolute Gasteiger partial charge is 0.135 e. The second-order valence-electron chi connectivity index (χ2n) is 2.75. The van der Waals surface area contributed by atoms with Crippen LogP contribution in [0.2, 0.25) is 0 Å². The van der Waals surface area contributed by atoms with Crippen molar-refractivity contribution in [1.82, 2.24) is 10.2 Å². The van der Waals surface area contributed by atoms with E-state index in [0.717, 1.165) is 16.4 Å². The number of unbranched alkanes of at least 4 members (excludes halogenated alkanes) is 1. The first-order valence-corrected chi connectivity index (χ1v) is 5.45. The average molecular weight is 205 g/mol. The van der Waals surface area contributed by atoms with Gasteiger partial charge in [0.1, 0.15) is 10.0 Å². The van der Waals surface area contributed by atoms with Crippen molar-refractivity contribution in [2.45, 2.75) is 38.5 Å². The van der Waals surface area contributed by atoms with Crippen LogP contribution in [0.4, 0.5) is 0 Å². The molecule has 1 aromatic heterocycles. The van der Waals surface area contributed by atoms with E-state index in [1.54, 1.807) is 11.3 Å². The van der Waals surface area contributed by atoms with E-state index in [1.807, 2.05) is 6.92 Å². The van der Waals surface area contributed by atoms with Gasteiger partial charge in [-0.15, -0.1) is 21.8 Å². The predicted octanol–water partition coefficient (Wildman–Crippen LogP) is 3.18. The molecule has 0 amide bonds. The van der Waals surface area contributed by atoms with Crippen LogP contribution in [0.5, 0.6) is 0 Å². The maximum Gasteiger partial charge on any atom is 0.135 e. The maximum absolute atomic E-state index is 5.86. The molecule has 4 heteroatoms. The van der Waals surface area contributed by atoms with Crippen molar-refractivity contribution in [3.8, 4) is 0 Å². The minimum absolute atomic E-state index is 0.00197. The second kappa shape index (κ2) is 4.77. The van der Waals surface area contributed by atoms with Crippen molar-refractivity contribution >= 4 is 22.9 Å². The number of aryl methyl sites for hydroxylation is 1. The van der Waals surface area contributed by atoms with Gasteiger partial charge in [-0.2, -0.15) is 0 Å². The summed E-state index contributed by atoms with van der Waals surface area (Å²) in [6.45, 7) is 4.10. The number of hydrogen-bond donors (Lipinski definition) is 0. The summed E-state index contributed by atoms with van der Waals surface area (Å²) in [5.41, 5.74) is 0. The molecule has 1 unspecified atom stereocenters. The molecular weight excluding hydrogens is 192 g/mol. The average Bonchev–Trinajstić information content (AvgIpc) is 2.48. The fourth-order valence-electron chi connectivity index (χ4n) is 0.856. The van der Waals surface area contributed by atoms with E-state index >= 15 is 0 Å². The number of halogens is 1. The van der Waals surface area contributed by atoms with Crippen LogP contribution in [0.1, 0.15) is 42.1 Å². The molecule has 1 atom stereocenters. The summed E-state index contributed by atoms with van der Waals surface area (Å²) >= 11 is 7.49. The van der Waals surface area contributed by atoms with Gasteiger partial charge in [0.2, 0.25) is 0 Å². The van der Waals surface area contributed by atoms with Crippen molar-refractivity contribution in [3.63, 3.8) is 0 Å². The Labute approximate surface area is 82.0 Å². The summed E-state index contributed by atoms with van der Waals surface area (Å²) in [6, 6.07) is 0. The quantitative estimate of drug-likeness (QED) is 0.705. The van der Waals surface area contributed by atoms with Gasteiger partial charge in [0, 0.05) is 6.42 Å². The number of alkyl halides is 1. The molecule has 0 spiro atoms. The summed E-state index contributed by atoms with van der Waals surface area (Å²) in [7, 11) is 0. The van der Waals surface area contributed by atoms with E-state index in [9.17, 15) is 0 Å². The Morgan fingerprint density at radius 2 is 2.25 bits per heavy atom. The van der Waals surface area contributed by atoms with Crippen LogP contribution in [-0.4, -0.2) is 10.2 Å². The van der Waals surface area contributed by atoms with Gasteiger partial charge in [0.05, 0.1) is 5.38 Å². The second-order valence-corrected chi connectivity index (χ2v) is 4.50. The fourth-order valence-corrected chi connectivity index (χ4v) is 1.85. The number of nitrogens with zero attached hydrogens (tertiary/aromatic N) is 2. The highest BCUT2D eigenvalue weighted by Gasteiger charge is 2.07. The zero-order valence-corrected chi connectivity index (χ0v) is 8.95. The molecule has 0 saturated heterocycles. The Bertz CT molecular complexity index is 235. The highest BCUT2D eigenvalue weighted by atomic mass is 35.5. The van der Waals surface area contributed by atoms with Crippen LogP contribution < -0.4 is 0 Å². The third-order valence-electron chi connectivity index (χ3n) is 1.57. The summed E-state index contributed by atoms with van der Waals surface area (Å²) in [4.78, 5) is 0. The summed E-state index contributed by atoms with van der Waals surface area (Å²) in [6.07, 6.45) is 3.43. The molecule has 1 aromatic rings. The van der Waals surface area contributed by atoms with Crippen LogP contribution >= 0.6 is 22.9 Å². The molecule has 0 bridgehead atoms. The Balaban J connectivity index is 2.52. The van der Waals surface area contributed by atoms with Crippen LogP contribution in [0.3, 0.4) is 0 Å². The fraction of sp³-hybridized carbons (Fsp3) is 0.750. The highest BCUT2D eigenvalue weighted by molar-refractivity contribution is 7.11. The molecule has 0 fully saturated rings. The third kappa shape index (κ3) is 2.72. The Morgan fingerprint density at radius 1 is 1.50 bits per heavy atom. The largest absolute Gasteiger partial charge is 0.144 e. The van der Waals surface area contributed by atoms with Gasteiger partial charge in [-0.25, -0.2) is 0 Å². The molecule has 0 aliphatic carbocycles. The third-order valence-corrected chi connectivity index (χ3v) is 3.07. The lowest BCUT2D eigenvalue weighted by molar-refractivity contribution is 0.777. The van der Waals surface area contributed by atoms with Gasteiger partial charge in [-0.05, 0) is 13.3 Å². The Morgan fingerprint density at radius 3 is 2.75 bits per heavy atom. The molecule has 0 saturated carbocycles. The number of aromatic nitrogens is 2. The van der Waals surface area contributed by atoms with E-state index in [2.05, 4.69) is 17.1 Å². The highest BCUT2D eigenvalue weighted by Crippen LogP contribution is 2.23.